The molecule has 0 heterocycles. The third-order valence-electron chi connectivity index (χ3n) is 3.77. The van der Waals surface area contributed by atoms with Gasteiger partial charge in [0, 0.05) is 5.92 Å². The maximum absolute atomic E-state index is 12.8. The number of alkyl halides is 3. The third-order valence-corrected chi connectivity index (χ3v) is 3.77. The van der Waals surface area contributed by atoms with Crippen LogP contribution in [0, 0.1) is 5.92 Å². The molecule has 0 saturated heterocycles. The summed E-state index contributed by atoms with van der Waals surface area (Å²) in [7, 11) is 1.13. The van der Waals surface area contributed by atoms with Crippen LogP contribution in [0.3, 0.4) is 0 Å². The number of methoxy groups -OCH3 is 1. The second-order valence-electron chi connectivity index (χ2n) is 5.32. The summed E-state index contributed by atoms with van der Waals surface area (Å²) in [4.78, 5) is 11.9. The number of carbonyl (C=O) groups excluding carboxylic acids is 1. The number of halogens is 3. The number of ether oxygens (including phenoxy) is 1. The van der Waals surface area contributed by atoms with Crippen molar-refractivity contribution in [2.75, 3.05) is 7.11 Å². The Kier molecular flexibility index (Phi) is 5.04. The van der Waals surface area contributed by atoms with Gasteiger partial charge in [0.2, 0.25) is 0 Å². The minimum Gasteiger partial charge on any atom is -0.467 e. The summed E-state index contributed by atoms with van der Waals surface area (Å²) in [5.74, 6) is -2.22. The maximum atomic E-state index is 12.8. The Morgan fingerprint density at radius 3 is 2.24 bits per heavy atom. The molecule has 6 heteroatoms. The van der Waals surface area contributed by atoms with Gasteiger partial charge in [-0.2, -0.15) is 13.2 Å². The zero-order valence-corrected chi connectivity index (χ0v) is 12.4. The van der Waals surface area contributed by atoms with Crippen LogP contribution in [0.2, 0.25) is 0 Å². The lowest BCUT2D eigenvalue weighted by atomic mass is 9.75. The average molecular weight is 304 g/mol. The van der Waals surface area contributed by atoms with Crippen molar-refractivity contribution < 1.29 is 27.8 Å². The number of aliphatic hydroxyl groups is 1. The summed E-state index contributed by atoms with van der Waals surface area (Å²) in [5, 5.41) is 10.6. The van der Waals surface area contributed by atoms with E-state index >= 15 is 0 Å². The van der Waals surface area contributed by atoms with Gasteiger partial charge in [0.15, 0.2) is 5.60 Å². The maximum Gasteiger partial charge on any atom is 0.416 e. The first-order valence-corrected chi connectivity index (χ1v) is 6.53. The number of esters is 1. The topological polar surface area (TPSA) is 46.5 Å². The first kappa shape index (κ1) is 17.5. The van der Waals surface area contributed by atoms with Gasteiger partial charge in [-0.25, -0.2) is 4.79 Å². The summed E-state index contributed by atoms with van der Waals surface area (Å²) < 4.78 is 42.9. The summed E-state index contributed by atoms with van der Waals surface area (Å²) in [5.41, 5.74) is -2.48. The molecule has 2 atom stereocenters. The van der Waals surface area contributed by atoms with Gasteiger partial charge in [0.05, 0.1) is 12.7 Å². The van der Waals surface area contributed by atoms with Crippen molar-refractivity contribution in [1.29, 1.82) is 0 Å². The minimum absolute atomic E-state index is 0.228. The van der Waals surface area contributed by atoms with E-state index in [0.717, 1.165) is 19.2 Å². The molecule has 0 bridgehead atoms. The quantitative estimate of drug-likeness (QED) is 0.868. The fourth-order valence-corrected chi connectivity index (χ4v) is 2.31. The average Bonchev–Trinajstić information content (AvgIpc) is 2.43. The Labute approximate surface area is 121 Å². The van der Waals surface area contributed by atoms with Crippen molar-refractivity contribution in [3.05, 3.63) is 35.4 Å². The highest BCUT2D eigenvalue weighted by Gasteiger charge is 2.46. The Morgan fingerprint density at radius 1 is 1.24 bits per heavy atom. The summed E-state index contributed by atoms with van der Waals surface area (Å²) in [6, 6.07) is 4.60. The monoisotopic (exact) mass is 304 g/mol. The molecule has 0 saturated carbocycles. The zero-order valence-electron chi connectivity index (χ0n) is 12.4. The van der Waals surface area contributed by atoms with Crippen LogP contribution in [0.25, 0.3) is 0 Å². The summed E-state index contributed by atoms with van der Waals surface area (Å²) in [6.07, 6.45) is -4.48. The first-order chi connectivity index (χ1) is 9.55. The van der Waals surface area contributed by atoms with E-state index in [2.05, 4.69) is 4.74 Å². The molecule has 0 fully saturated rings. The molecule has 1 rings (SSSR count). The van der Waals surface area contributed by atoms with Gasteiger partial charge < -0.3 is 9.84 Å². The highest BCUT2D eigenvalue weighted by atomic mass is 19.4. The van der Waals surface area contributed by atoms with Gasteiger partial charge in [-0.1, -0.05) is 39.0 Å². The number of rotatable bonds is 4. The van der Waals surface area contributed by atoms with Crippen LogP contribution in [0.5, 0.6) is 0 Å². The molecule has 118 valence electrons. The van der Waals surface area contributed by atoms with E-state index in [1.54, 1.807) is 13.8 Å². The molecule has 21 heavy (non-hydrogen) atoms. The lowest BCUT2D eigenvalue weighted by molar-refractivity contribution is -0.170. The molecule has 3 nitrogen and oxygen atoms in total. The Bertz CT molecular complexity index is 511. The molecular formula is C15H19F3O3. The number of carbonyl (C=O) groups is 1. The van der Waals surface area contributed by atoms with E-state index in [9.17, 15) is 23.1 Å². The smallest absolute Gasteiger partial charge is 0.416 e. The van der Waals surface area contributed by atoms with E-state index in [4.69, 9.17) is 0 Å². The first-order valence-electron chi connectivity index (χ1n) is 6.53. The van der Waals surface area contributed by atoms with Crippen molar-refractivity contribution >= 4 is 5.97 Å². The summed E-state index contributed by atoms with van der Waals surface area (Å²) >= 11 is 0. The van der Waals surface area contributed by atoms with Crippen molar-refractivity contribution in [1.82, 2.24) is 0 Å². The van der Waals surface area contributed by atoms with Crippen LogP contribution in [0.1, 0.15) is 37.8 Å². The second kappa shape index (κ2) is 6.05. The van der Waals surface area contributed by atoms with Gasteiger partial charge >= 0.3 is 12.1 Å². The Balaban J connectivity index is 3.28. The zero-order chi connectivity index (χ0) is 16.4. The molecule has 1 aromatic rings. The third kappa shape index (κ3) is 3.37. The fourth-order valence-electron chi connectivity index (χ4n) is 2.31. The summed E-state index contributed by atoms with van der Waals surface area (Å²) in [6.45, 7) is 4.73. The van der Waals surface area contributed by atoms with Crippen LogP contribution in [0.15, 0.2) is 24.3 Å². The van der Waals surface area contributed by atoms with E-state index in [0.29, 0.717) is 0 Å². The molecule has 0 aromatic heterocycles. The molecule has 0 spiro atoms. The molecule has 1 aromatic carbocycles. The molecule has 0 aliphatic heterocycles. The normalized spacial score (nSPS) is 16.4. The van der Waals surface area contributed by atoms with Crippen molar-refractivity contribution in [3.8, 4) is 0 Å². The van der Waals surface area contributed by atoms with Crippen molar-refractivity contribution in [2.24, 2.45) is 5.92 Å². The van der Waals surface area contributed by atoms with Crippen LogP contribution in [-0.2, 0) is 15.7 Å². The number of benzene rings is 1. The molecule has 0 aliphatic carbocycles. The van der Waals surface area contributed by atoms with E-state index < -0.39 is 35.1 Å². The number of hydrogen-bond acceptors (Lipinski definition) is 3. The molecule has 0 aliphatic rings. The lowest BCUT2D eigenvalue weighted by Crippen LogP contribution is -2.49. The predicted octanol–water partition coefficient (Wildman–Crippen LogP) is 3.37. The number of hydrogen-bond donors (Lipinski definition) is 1. The molecule has 0 radical (unpaired) electrons. The Morgan fingerprint density at radius 2 is 1.81 bits per heavy atom. The Hall–Kier alpha value is -1.56. The van der Waals surface area contributed by atoms with Crippen LogP contribution in [0.4, 0.5) is 13.2 Å². The molecule has 2 unspecified atom stereocenters. The van der Waals surface area contributed by atoms with Gasteiger partial charge in [-0.05, 0) is 17.5 Å². The molecule has 0 amide bonds. The van der Waals surface area contributed by atoms with E-state index in [1.807, 2.05) is 0 Å². The van der Waals surface area contributed by atoms with Crippen LogP contribution < -0.4 is 0 Å². The highest BCUT2D eigenvalue weighted by Crippen LogP contribution is 2.37. The van der Waals surface area contributed by atoms with Gasteiger partial charge in [0.25, 0.3) is 0 Å². The van der Waals surface area contributed by atoms with E-state index in [-0.39, 0.29) is 5.56 Å². The van der Waals surface area contributed by atoms with Gasteiger partial charge in [0.1, 0.15) is 0 Å². The predicted molar refractivity (Wildman–Crippen MR) is 71.7 cm³/mol. The molecule has 1 N–H and O–H groups in total. The minimum atomic E-state index is -4.48. The van der Waals surface area contributed by atoms with Crippen molar-refractivity contribution in [2.45, 2.75) is 38.5 Å². The SMILES string of the molecule is COC(=O)C(O)(C(C)C)C(C)c1cccc(C(F)(F)F)c1. The lowest BCUT2D eigenvalue weighted by Gasteiger charge is -2.35. The van der Waals surface area contributed by atoms with Gasteiger partial charge in [-0.15, -0.1) is 0 Å². The second-order valence-corrected chi connectivity index (χ2v) is 5.32. The fraction of sp³-hybridized carbons (Fsp3) is 0.533. The highest BCUT2D eigenvalue weighted by molar-refractivity contribution is 5.81. The van der Waals surface area contributed by atoms with Gasteiger partial charge in [-0.3, -0.25) is 0 Å². The van der Waals surface area contributed by atoms with Crippen LogP contribution in [-0.4, -0.2) is 23.8 Å². The van der Waals surface area contributed by atoms with Crippen molar-refractivity contribution in [3.63, 3.8) is 0 Å². The molecular weight excluding hydrogens is 285 g/mol. The van der Waals surface area contributed by atoms with E-state index in [1.165, 1.54) is 19.1 Å². The largest absolute Gasteiger partial charge is 0.467 e. The van der Waals surface area contributed by atoms with Crippen LogP contribution >= 0.6 is 0 Å². The standard InChI is InChI=1S/C15H19F3O3/c1-9(2)14(20,13(19)21-4)10(3)11-6-5-7-12(8-11)15(16,17)18/h5-10,20H,1-4H3.